The summed E-state index contributed by atoms with van der Waals surface area (Å²) in [5, 5.41) is 10.1. The van der Waals surface area contributed by atoms with Crippen LogP contribution in [0.1, 0.15) is 30.4 Å². The Morgan fingerprint density at radius 1 is 1.39 bits per heavy atom. The van der Waals surface area contributed by atoms with Crippen LogP contribution in [0.3, 0.4) is 0 Å². The smallest absolute Gasteiger partial charge is 0.122 e. The SMILES string of the molecule is Cc1cccc(CN2CCOC3CCCC32)c1O. The van der Waals surface area contributed by atoms with Crippen molar-refractivity contribution in [3.05, 3.63) is 29.3 Å². The van der Waals surface area contributed by atoms with Crippen LogP contribution >= 0.6 is 0 Å². The molecule has 1 aliphatic heterocycles. The number of morpholine rings is 1. The molecule has 0 spiro atoms. The second-order valence-corrected chi connectivity index (χ2v) is 5.46. The van der Waals surface area contributed by atoms with Crippen LogP contribution in [0, 0.1) is 6.92 Å². The maximum atomic E-state index is 10.1. The van der Waals surface area contributed by atoms with Gasteiger partial charge in [-0.1, -0.05) is 18.2 Å². The molecule has 1 aromatic rings. The molecule has 1 heterocycles. The van der Waals surface area contributed by atoms with Crippen LogP contribution in [-0.2, 0) is 11.3 Å². The number of fused-ring (bicyclic) bond motifs is 1. The Kier molecular flexibility index (Phi) is 3.27. The van der Waals surface area contributed by atoms with Gasteiger partial charge in [0.2, 0.25) is 0 Å². The van der Waals surface area contributed by atoms with Crippen molar-refractivity contribution in [1.82, 2.24) is 4.90 Å². The van der Waals surface area contributed by atoms with Crippen LogP contribution in [0.25, 0.3) is 0 Å². The van der Waals surface area contributed by atoms with Crippen molar-refractivity contribution >= 4 is 0 Å². The lowest BCUT2D eigenvalue weighted by atomic mass is 10.1. The summed E-state index contributed by atoms with van der Waals surface area (Å²) in [7, 11) is 0. The molecule has 0 bridgehead atoms. The van der Waals surface area contributed by atoms with Crippen molar-refractivity contribution in [2.45, 2.75) is 44.9 Å². The Hall–Kier alpha value is -1.06. The Balaban J connectivity index is 1.77. The number of hydrogen-bond donors (Lipinski definition) is 1. The van der Waals surface area contributed by atoms with E-state index in [0.717, 1.165) is 30.8 Å². The molecule has 0 radical (unpaired) electrons. The van der Waals surface area contributed by atoms with E-state index in [-0.39, 0.29) is 0 Å². The molecular formula is C15H21NO2. The van der Waals surface area contributed by atoms with Crippen LogP contribution in [0.2, 0.25) is 0 Å². The van der Waals surface area contributed by atoms with E-state index >= 15 is 0 Å². The summed E-state index contributed by atoms with van der Waals surface area (Å²) in [4.78, 5) is 2.48. The number of para-hydroxylation sites is 1. The average Bonchev–Trinajstić information content (AvgIpc) is 2.84. The fraction of sp³-hybridized carbons (Fsp3) is 0.600. The van der Waals surface area contributed by atoms with Gasteiger partial charge in [0.1, 0.15) is 5.75 Å². The molecule has 2 aliphatic rings. The van der Waals surface area contributed by atoms with E-state index in [4.69, 9.17) is 4.74 Å². The number of hydrogen-bond acceptors (Lipinski definition) is 3. The first-order valence-electron chi connectivity index (χ1n) is 6.89. The lowest BCUT2D eigenvalue weighted by Gasteiger charge is -2.37. The van der Waals surface area contributed by atoms with Crippen molar-refractivity contribution in [2.24, 2.45) is 0 Å². The summed E-state index contributed by atoms with van der Waals surface area (Å²) in [6.45, 7) is 4.61. The van der Waals surface area contributed by atoms with Crippen molar-refractivity contribution in [3.8, 4) is 5.75 Å². The normalized spacial score (nSPS) is 28.3. The highest BCUT2D eigenvalue weighted by molar-refractivity contribution is 5.39. The molecule has 1 saturated carbocycles. The van der Waals surface area contributed by atoms with Crippen LogP contribution in [0.15, 0.2) is 18.2 Å². The van der Waals surface area contributed by atoms with E-state index < -0.39 is 0 Å². The van der Waals surface area contributed by atoms with Gasteiger partial charge in [-0.05, 0) is 31.7 Å². The lowest BCUT2D eigenvalue weighted by molar-refractivity contribution is -0.0590. The number of benzene rings is 1. The van der Waals surface area contributed by atoms with E-state index in [9.17, 15) is 5.11 Å². The maximum absolute atomic E-state index is 10.1. The van der Waals surface area contributed by atoms with Gasteiger partial charge in [0.25, 0.3) is 0 Å². The average molecular weight is 247 g/mol. The molecule has 3 rings (SSSR count). The zero-order chi connectivity index (χ0) is 12.5. The van der Waals surface area contributed by atoms with Gasteiger partial charge in [0.15, 0.2) is 0 Å². The monoisotopic (exact) mass is 247 g/mol. The highest BCUT2D eigenvalue weighted by atomic mass is 16.5. The van der Waals surface area contributed by atoms with Gasteiger partial charge >= 0.3 is 0 Å². The summed E-state index contributed by atoms with van der Waals surface area (Å²) in [5.74, 6) is 0.457. The summed E-state index contributed by atoms with van der Waals surface area (Å²) in [6, 6.07) is 6.56. The Labute approximate surface area is 108 Å². The minimum absolute atomic E-state index is 0.422. The van der Waals surface area contributed by atoms with Crippen LogP contribution in [-0.4, -0.2) is 35.3 Å². The number of nitrogens with zero attached hydrogens (tertiary/aromatic N) is 1. The van der Waals surface area contributed by atoms with Crippen LogP contribution in [0.5, 0.6) is 5.75 Å². The summed E-state index contributed by atoms with van der Waals surface area (Å²) in [6.07, 6.45) is 4.12. The molecule has 3 heteroatoms. The fourth-order valence-electron chi connectivity index (χ4n) is 3.27. The summed E-state index contributed by atoms with van der Waals surface area (Å²) in [5.41, 5.74) is 2.01. The van der Waals surface area contributed by atoms with E-state index in [1.54, 1.807) is 0 Å². The number of aryl methyl sites for hydroxylation is 1. The summed E-state index contributed by atoms with van der Waals surface area (Å²) < 4.78 is 5.82. The van der Waals surface area contributed by atoms with E-state index in [0.29, 0.717) is 17.9 Å². The van der Waals surface area contributed by atoms with Gasteiger partial charge in [-0.2, -0.15) is 0 Å². The van der Waals surface area contributed by atoms with Gasteiger partial charge < -0.3 is 9.84 Å². The molecule has 1 aromatic carbocycles. The van der Waals surface area contributed by atoms with Gasteiger partial charge in [0, 0.05) is 24.7 Å². The fourth-order valence-corrected chi connectivity index (χ4v) is 3.27. The van der Waals surface area contributed by atoms with Crippen LogP contribution < -0.4 is 0 Å². The van der Waals surface area contributed by atoms with Crippen LogP contribution in [0.4, 0.5) is 0 Å². The zero-order valence-corrected chi connectivity index (χ0v) is 10.9. The predicted molar refractivity (Wildman–Crippen MR) is 70.6 cm³/mol. The molecule has 3 nitrogen and oxygen atoms in total. The number of ether oxygens (including phenoxy) is 1. The zero-order valence-electron chi connectivity index (χ0n) is 10.9. The van der Waals surface area contributed by atoms with Crippen molar-refractivity contribution in [1.29, 1.82) is 0 Å². The van der Waals surface area contributed by atoms with E-state index in [2.05, 4.69) is 4.90 Å². The molecule has 1 saturated heterocycles. The van der Waals surface area contributed by atoms with Gasteiger partial charge in [0.05, 0.1) is 12.7 Å². The Morgan fingerprint density at radius 3 is 3.17 bits per heavy atom. The molecule has 0 aromatic heterocycles. The molecule has 2 unspecified atom stereocenters. The molecule has 0 amide bonds. The van der Waals surface area contributed by atoms with Gasteiger partial charge in [-0.25, -0.2) is 0 Å². The standard InChI is InChI=1S/C15H21NO2/c1-11-4-2-5-12(15(11)17)10-16-8-9-18-14-7-3-6-13(14)16/h2,4-5,13-14,17H,3,6-10H2,1H3. The quantitative estimate of drug-likeness (QED) is 0.871. The first-order chi connectivity index (χ1) is 8.75. The molecule has 1 N–H and O–H groups in total. The number of aromatic hydroxyl groups is 1. The third-order valence-electron chi connectivity index (χ3n) is 4.29. The largest absolute Gasteiger partial charge is 0.507 e. The topological polar surface area (TPSA) is 32.7 Å². The maximum Gasteiger partial charge on any atom is 0.122 e. The highest BCUT2D eigenvalue weighted by Crippen LogP contribution is 2.32. The lowest BCUT2D eigenvalue weighted by Crippen LogP contribution is -2.47. The molecule has 1 aliphatic carbocycles. The number of rotatable bonds is 2. The minimum Gasteiger partial charge on any atom is -0.507 e. The first kappa shape index (κ1) is 12.0. The van der Waals surface area contributed by atoms with E-state index in [1.807, 2.05) is 25.1 Å². The number of phenolic OH excluding ortho intramolecular Hbond substituents is 1. The third kappa shape index (κ3) is 2.13. The Morgan fingerprint density at radius 2 is 2.28 bits per heavy atom. The van der Waals surface area contributed by atoms with E-state index in [1.165, 1.54) is 19.3 Å². The molecule has 2 atom stereocenters. The minimum atomic E-state index is 0.422. The summed E-state index contributed by atoms with van der Waals surface area (Å²) >= 11 is 0. The molecular weight excluding hydrogens is 226 g/mol. The highest BCUT2D eigenvalue weighted by Gasteiger charge is 2.36. The van der Waals surface area contributed by atoms with Crippen molar-refractivity contribution < 1.29 is 9.84 Å². The predicted octanol–water partition coefficient (Wildman–Crippen LogP) is 2.45. The molecule has 98 valence electrons. The second-order valence-electron chi connectivity index (χ2n) is 5.46. The first-order valence-corrected chi connectivity index (χ1v) is 6.89. The van der Waals surface area contributed by atoms with Gasteiger partial charge in [-0.3, -0.25) is 4.90 Å². The van der Waals surface area contributed by atoms with Crippen molar-refractivity contribution in [3.63, 3.8) is 0 Å². The molecule has 2 fully saturated rings. The van der Waals surface area contributed by atoms with Gasteiger partial charge in [-0.15, -0.1) is 0 Å². The Bertz CT molecular complexity index is 433. The molecule has 18 heavy (non-hydrogen) atoms. The third-order valence-corrected chi connectivity index (χ3v) is 4.29. The van der Waals surface area contributed by atoms with Crippen molar-refractivity contribution in [2.75, 3.05) is 13.2 Å². The second kappa shape index (κ2) is 4.90. The number of phenols is 1.